The predicted octanol–water partition coefficient (Wildman–Crippen LogP) is 0.882. The summed E-state index contributed by atoms with van der Waals surface area (Å²) >= 11 is 0. The number of piperidine rings is 1. The minimum absolute atomic E-state index is 0.000347. The third-order valence-corrected chi connectivity index (χ3v) is 2.88. The summed E-state index contributed by atoms with van der Waals surface area (Å²) in [7, 11) is 0. The Labute approximate surface area is 102 Å². The van der Waals surface area contributed by atoms with Gasteiger partial charge in [-0.2, -0.15) is 0 Å². The van der Waals surface area contributed by atoms with Crippen molar-refractivity contribution < 1.29 is 19.4 Å². The summed E-state index contributed by atoms with van der Waals surface area (Å²) in [6.07, 6.45) is 2.80. The number of nitrogens with one attached hydrogen (secondary N) is 1. The maximum atomic E-state index is 10.8. The highest BCUT2D eigenvalue weighted by Gasteiger charge is 2.26. The highest BCUT2D eigenvalue weighted by atomic mass is 16.5. The first-order valence-corrected chi connectivity index (χ1v) is 6.37. The summed E-state index contributed by atoms with van der Waals surface area (Å²) in [5.41, 5.74) is 0. The van der Waals surface area contributed by atoms with E-state index in [0.717, 1.165) is 26.0 Å². The molecule has 1 rings (SSSR count). The summed E-state index contributed by atoms with van der Waals surface area (Å²) in [5.74, 6) is -1.07. The largest absolute Gasteiger partial charge is 0.481 e. The van der Waals surface area contributed by atoms with E-state index in [1.807, 2.05) is 0 Å². The van der Waals surface area contributed by atoms with Crippen molar-refractivity contribution in [1.82, 2.24) is 5.32 Å². The van der Waals surface area contributed by atoms with Gasteiger partial charge in [-0.05, 0) is 12.8 Å². The van der Waals surface area contributed by atoms with Crippen molar-refractivity contribution in [3.05, 3.63) is 0 Å². The van der Waals surface area contributed by atoms with Crippen molar-refractivity contribution >= 4 is 5.97 Å². The number of carbonyl (C=O) groups is 1. The zero-order valence-corrected chi connectivity index (χ0v) is 10.5. The Morgan fingerprint density at radius 3 is 2.88 bits per heavy atom. The molecule has 0 spiro atoms. The van der Waals surface area contributed by atoms with Crippen LogP contribution < -0.4 is 5.32 Å². The second-order valence-electron chi connectivity index (χ2n) is 4.39. The number of rotatable bonds is 8. The molecule has 5 heteroatoms. The third-order valence-electron chi connectivity index (χ3n) is 2.88. The molecule has 0 aromatic carbocycles. The van der Waals surface area contributed by atoms with Crippen molar-refractivity contribution in [3.8, 4) is 0 Å². The van der Waals surface area contributed by atoms with E-state index in [0.29, 0.717) is 26.2 Å². The number of unbranched alkanes of at least 4 members (excludes halogenated alkanes) is 1. The molecule has 0 amide bonds. The molecule has 0 radical (unpaired) electrons. The quantitative estimate of drug-likeness (QED) is 0.621. The number of carboxylic acids is 1. The second-order valence-corrected chi connectivity index (χ2v) is 4.39. The topological polar surface area (TPSA) is 67.8 Å². The Morgan fingerprint density at radius 2 is 2.18 bits per heavy atom. The number of ether oxygens (including phenoxy) is 2. The fourth-order valence-electron chi connectivity index (χ4n) is 1.84. The van der Waals surface area contributed by atoms with Crippen LogP contribution in [0.5, 0.6) is 0 Å². The van der Waals surface area contributed by atoms with Gasteiger partial charge in [0.05, 0.1) is 25.2 Å². The fraction of sp³-hybridized carbons (Fsp3) is 0.917. The van der Waals surface area contributed by atoms with Gasteiger partial charge >= 0.3 is 5.97 Å². The highest BCUT2D eigenvalue weighted by Crippen LogP contribution is 2.13. The van der Waals surface area contributed by atoms with Crippen molar-refractivity contribution in [2.24, 2.45) is 5.92 Å². The van der Waals surface area contributed by atoms with E-state index >= 15 is 0 Å². The molecule has 0 aromatic heterocycles. The van der Waals surface area contributed by atoms with Crippen LogP contribution in [0.25, 0.3) is 0 Å². The average molecular weight is 245 g/mol. The maximum Gasteiger partial charge on any atom is 0.307 e. The Kier molecular flexibility index (Phi) is 7.16. The molecule has 17 heavy (non-hydrogen) atoms. The first-order valence-electron chi connectivity index (χ1n) is 6.37. The van der Waals surface area contributed by atoms with Crippen LogP contribution in [0.4, 0.5) is 0 Å². The first kappa shape index (κ1) is 14.4. The second kappa shape index (κ2) is 8.44. The van der Waals surface area contributed by atoms with Gasteiger partial charge in [-0.1, -0.05) is 13.3 Å². The number of hydrogen-bond acceptors (Lipinski definition) is 4. The summed E-state index contributed by atoms with van der Waals surface area (Å²) in [6.45, 7) is 5.32. The van der Waals surface area contributed by atoms with Crippen molar-refractivity contribution in [2.75, 3.05) is 32.9 Å². The van der Waals surface area contributed by atoms with Gasteiger partial charge in [-0.3, -0.25) is 4.79 Å². The van der Waals surface area contributed by atoms with E-state index in [9.17, 15) is 4.79 Å². The molecule has 1 fully saturated rings. The Balaban J connectivity index is 2.04. The normalized spacial score (nSPS) is 24.8. The lowest BCUT2D eigenvalue weighted by atomic mass is 9.98. The lowest BCUT2D eigenvalue weighted by Gasteiger charge is -2.27. The highest BCUT2D eigenvalue weighted by molar-refractivity contribution is 5.70. The van der Waals surface area contributed by atoms with E-state index in [1.165, 1.54) is 0 Å². The standard InChI is InChI=1S/C12H23NO4/c1-2-3-4-16-5-6-17-11-7-10(12(14)15)8-13-9-11/h10-11,13H,2-9H2,1H3,(H,14,15). The van der Waals surface area contributed by atoms with Crippen LogP contribution in [0.3, 0.4) is 0 Å². The molecule has 2 unspecified atom stereocenters. The molecular formula is C12H23NO4. The molecule has 0 saturated carbocycles. The first-order chi connectivity index (χ1) is 8.24. The van der Waals surface area contributed by atoms with Crippen LogP contribution in [-0.4, -0.2) is 50.1 Å². The van der Waals surface area contributed by atoms with Crippen LogP contribution >= 0.6 is 0 Å². The van der Waals surface area contributed by atoms with E-state index < -0.39 is 5.97 Å². The monoisotopic (exact) mass is 245 g/mol. The third kappa shape index (κ3) is 6.00. The molecular weight excluding hydrogens is 222 g/mol. The van der Waals surface area contributed by atoms with Crippen LogP contribution in [0.1, 0.15) is 26.2 Å². The van der Waals surface area contributed by atoms with Crippen molar-refractivity contribution in [1.29, 1.82) is 0 Å². The van der Waals surface area contributed by atoms with Crippen molar-refractivity contribution in [2.45, 2.75) is 32.3 Å². The van der Waals surface area contributed by atoms with E-state index in [1.54, 1.807) is 0 Å². The fourth-order valence-corrected chi connectivity index (χ4v) is 1.84. The molecule has 1 saturated heterocycles. The van der Waals surface area contributed by atoms with Crippen LogP contribution in [0.15, 0.2) is 0 Å². The Bertz CT molecular complexity index is 223. The summed E-state index contributed by atoms with van der Waals surface area (Å²) < 4.78 is 11.0. The summed E-state index contributed by atoms with van der Waals surface area (Å²) in [5, 5.41) is 12.0. The summed E-state index contributed by atoms with van der Waals surface area (Å²) in [6, 6.07) is 0. The van der Waals surface area contributed by atoms with E-state index in [4.69, 9.17) is 14.6 Å². The van der Waals surface area contributed by atoms with Gasteiger partial charge in [-0.15, -0.1) is 0 Å². The Hall–Kier alpha value is -0.650. The maximum absolute atomic E-state index is 10.8. The molecule has 2 atom stereocenters. The zero-order valence-electron chi connectivity index (χ0n) is 10.5. The van der Waals surface area contributed by atoms with Gasteiger partial charge in [0.15, 0.2) is 0 Å². The molecule has 0 aliphatic carbocycles. The van der Waals surface area contributed by atoms with Gasteiger partial charge in [0.25, 0.3) is 0 Å². The van der Waals surface area contributed by atoms with Crippen molar-refractivity contribution in [3.63, 3.8) is 0 Å². The molecule has 2 N–H and O–H groups in total. The number of hydrogen-bond donors (Lipinski definition) is 2. The lowest BCUT2D eigenvalue weighted by molar-refractivity contribution is -0.144. The van der Waals surface area contributed by atoms with Gasteiger partial charge in [0.2, 0.25) is 0 Å². The molecule has 1 heterocycles. The van der Waals surface area contributed by atoms with E-state index in [-0.39, 0.29) is 12.0 Å². The smallest absolute Gasteiger partial charge is 0.307 e. The molecule has 100 valence electrons. The minimum atomic E-state index is -0.745. The number of aliphatic carboxylic acids is 1. The van der Waals surface area contributed by atoms with Crippen LogP contribution in [0, 0.1) is 5.92 Å². The van der Waals surface area contributed by atoms with Crippen LogP contribution in [0.2, 0.25) is 0 Å². The SMILES string of the molecule is CCCCOCCOC1CNCC(C(=O)O)C1. The Morgan fingerprint density at radius 1 is 1.35 bits per heavy atom. The lowest BCUT2D eigenvalue weighted by Crippen LogP contribution is -2.43. The molecule has 0 bridgehead atoms. The molecule has 1 aliphatic heterocycles. The van der Waals surface area contributed by atoms with E-state index in [2.05, 4.69) is 12.2 Å². The van der Waals surface area contributed by atoms with Gasteiger partial charge in [0, 0.05) is 19.7 Å². The van der Waals surface area contributed by atoms with Crippen LogP contribution in [-0.2, 0) is 14.3 Å². The minimum Gasteiger partial charge on any atom is -0.481 e. The summed E-state index contributed by atoms with van der Waals surface area (Å²) in [4.78, 5) is 10.8. The van der Waals surface area contributed by atoms with Gasteiger partial charge in [0.1, 0.15) is 0 Å². The van der Waals surface area contributed by atoms with Gasteiger partial charge < -0.3 is 19.9 Å². The van der Waals surface area contributed by atoms with Gasteiger partial charge in [-0.25, -0.2) is 0 Å². The molecule has 1 aliphatic rings. The number of carboxylic acid groups (broad SMARTS) is 1. The zero-order chi connectivity index (χ0) is 12.5. The molecule has 0 aromatic rings. The average Bonchev–Trinajstić information content (AvgIpc) is 2.34. The predicted molar refractivity (Wildman–Crippen MR) is 64.1 cm³/mol. The molecule has 5 nitrogen and oxygen atoms in total.